The molecule has 272 valence electrons. The third kappa shape index (κ3) is 48.8. The number of carbonyl (C=O) groups is 3. The van der Waals surface area contributed by atoms with Gasteiger partial charge < -0.3 is 32.1 Å². The zero-order chi connectivity index (χ0) is 34.8. The maximum absolute atomic E-state index is 11.2. The second kappa shape index (κ2) is 37.3. The first-order valence-corrected chi connectivity index (χ1v) is 17.7. The van der Waals surface area contributed by atoms with E-state index in [2.05, 4.69) is 53.5 Å². The number of hydrogen-bond acceptors (Lipinski definition) is 5. The van der Waals surface area contributed by atoms with Gasteiger partial charge >= 0.3 is 11.9 Å². The zero-order valence-electron chi connectivity index (χ0n) is 30.9. The lowest BCUT2D eigenvalue weighted by atomic mass is 10.0. The highest BCUT2D eigenvalue weighted by molar-refractivity contribution is 5.87. The number of carbonyl (C=O) groups excluding carboxylic acids is 3. The van der Waals surface area contributed by atoms with Gasteiger partial charge in [-0.3, -0.25) is 4.79 Å². The van der Waals surface area contributed by atoms with E-state index in [1.54, 1.807) is 13.8 Å². The van der Waals surface area contributed by atoms with Crippen molar-refractivity contribution in [1.82, 2.24) is 0 Å². The fourth-order valence-corrected chi connectivity index (χ4v) is 4.27. The topological polar surface area (TPSA) is 95.7 Å². The van der Waals surface area contributed by atoms with Crippen LogP contribution in [0.2, 0.25) is 0 Å². The van der Waals surface area contributed by atoms with Gasteiger partial charge in [-0.15, -0.1) is 0 Å². The zero-order valence-corrected chi connectivity index (χ0v) is 31.7. The molecule has 46 heavy (non-hydrogen) atoms. The Kier molecular flexibility index (Phi) is 41.2. The van der Waals surface area contributed by atoms with E-state index in [0.29, 0.717) is 24.4 Å². The summed E-state index contributed by atoms with van der Waals surface area (Å²) in [6.07, 6.45) is 27.3. The molecule has 0 fully saturated rings. The molecule has 0 saturated carbocycles. The summed E-state index contributed by atoms with van der Waals surface area (Å²) >= 11 is 0. The van der Waals surface area contributed by atoms with Gasteiger partial charge in [-0.1, -0.05) is 123 Å². The molecule has 1 amide bonds. The van der Waals surface area contributed by atoms with Gasteiger partial charge in [-0.05, 0) is 52.0 Å². The second-order valence-corrected chi connectivity index (χ2v) is 13.2. The van der Waals surface area contributed by atoms with Crippen LogP contribution in [0.5, 0.6) is 0 Å². The van der Waals surface area contributed by atoms with Crippen LogP contribution in [0.25, 0.3) is 0 Å². The van der Waals surface area contributed by atoms with Gasteiger partial charge in [-0.25, -0.2) is 9.59 Å². The Morgan fingerprint density at radius 1 is 0.587 bits per heavy atom. The molecule has 0 unspecified atom stereocenters. The highest BCUT2D eigenvalue weighted by atomic mass is 35.5. The summed E-state index contributed by atoms with van der Waals surface area (Å²) in [6.45, 7) is 18.1. The number of hydrogen-bond donors (Lipinski definition) is 1. The SMILES string of the molecule is C=C(C)C(=O)OCCCCCCCCCCCCCCCCCC.C=C(C)C(=O)OCCCCCC[N+](C)(C)C.C=CC(N)=O.[Cl-]. The van der Waals surface area contributed by atoms with Gasteiger partial charge in [0.15, 0.2) is 0 Å². The molecule has 0 aliphatic rings. The lowest BCUT2D eigenvalue weighted by molar-refractivity contribution is -0.870. The summed E-state index contributed by atoms with van der Waals surface area (Å²) in [5.41, 5.74) is 5.50. The van der Waals surface area contributed by atoms with Crippen molar-refractivity contribution in [2.24, 2.45) is 5.73 Å². The van der Waals surface area contributed by atoms with Crippen LogP contribution in [0.1, 0.15) is 149 Å². The normalized spacial score (nSPS) is 10.2. The summed E-state index contributed by atoms with van der Waals surface area (Å²) in [4.78, 5) is 31.7. The highest BCUT2D eigenvalue weighted by Gasteiger charge is 2.06. The Labute approximate surface area is 290 Å². The van der Waals surface area contributed by atoms with E-state index < -0.39 is 5.91 Å². The van der Waals surface area contributed by atoms with Crippen LogP contribution < -0.4 is 18.1 Å². The van der Waals surface area contributed by atoms with Crippen LogP contribution in [-0.2, 0) is 23.9 Å². The van der Waals surface area contributed by atoms with Gasteiger partial charge in [0, 0.05) is 11.1 Å². The van der Waals surface area contributed by atoms with Gasteiger partial charge in [0.1, 0.15) is 0 Å². The number of nitrogens with two attached hydrogens (primary N) is 1. The molecule has 0 radical (unpaired) electrons. The number of amides is 1. The number of halogens is 1. The molecule has 0 aromatic rings. The molecule has 0 heterocycles. The van der Waals surface area contributed by atoms with Gasteiger partial charge in [0.2, 0.25) is 5.91 Å². The molecule has 0 aliphatic heterocycles. The molecule has 0 spiro atoms. The maximum Gasteiger partial charge on any atom is 0.333 e. The van der Waals surface area contributed by atoms with Crippen LogP contribution in [0, 0.1) is 0 Å². The predicted octanol–water partition coefficient (Wildman–Crippen LogP) is 6.40. The Morgan fingerprint density at radius 3 is 1.09 bits per heavy atom. The van der Waals surface area contributed by atoms with Crippen molar-refractivity contribution < 1.29 is 40.7 Å². The average Bonchev–Trinajstić information content (AvgIpc) is 2.97. The number of rotatable bonds is 27. The summed E-state index contributed by atoms with van der Waals surface area (Å²) in [5, 5.41) is 0. The molecule has 0 aromatic heterocycles. The van der Waals surface area contributed by atoms with Crippen LogP contribution >= 0.6 is 0 Å². The molecule has 0 saturated heterocycles. The molecular weight excluding hydrogens is 600 g/mol. The monoisotopic (exact) mass is 673 g/mol. The molecule has 8 heteroatoms. The second-order valence-electron chi connectivity index (χ2n) is 13.2. The number of unbranched alkanes of at least 4 members (excludes halogenated alkanes) is 18. The van der Waals surface area contributed by atoms with Gasteiger partial charge in [0.25, 0.3) is 0 Å². The summed E-state index contributed by atoms with van der Waals surface area (Å²) in [5.74, 6) is -1.01. The van der Waals surface area contributed by atoms with E-state index >= 15 is 0 Å². The van der Waals surface area contributed by atoms with E-state index in [1.807, 2.05) is 0 Å². The van der Waals surface area contributed by atoms with E-state index in [-0.39, 0.29) is 24.3 Å². The Morgan fingerprint density at radius 2 is 0.848 bits per heavy atom. The number of ether oxygens (including phenoxy) is 2. The van der Waals surface area contributed by atoms with Crippen molar-refractivity contribution in [3.63, 3.8) is 0 Å². The first kappa shape index (κ1) is 50.7. The largest absolute Gasteiger partial charge is 1.00 e. The van der Waals surface area contributed by atoms with Gasteiger partial charge in [0.05, 0.1) is 40.9 Å². The highest BCUT2D eigenvalue weighted by Crippen LogP contribution is 2.14. The first-order valence-electron chi connectivity index (χ1n) is 17.7. The Balaban J connectivity index is -0.000000345. The van der Waals surface area contributed by atoms with Crippen molar-refractivity contribution >= 4 is 17.8 Å². The lowest BCUT2D eigenvalue weighted by Crippen LogP contribution is -3.00. The van der Waals surface area contributed by atoms with Crippen molar-refractivity contribution in [3.8, 4) is 0 Å². The standard InChI is InChI=1S/C22H42O2.C13H26NO2.C3H5NO.ClH/c1-4-5-6-7-8-9-10-11-12-13-14-15-16-17-18-19-20-24-22(23)21(2)3;1-12(2)13(15)16-11-9-7-6-8-10-14(3,4)5;1-2-3(4)5;/h2,4-20H2,1,3H3;1,6-11H2,2-5H3;2H,1H2,(H2,4,5);1H/q;+1;;/p-1. The van der Waals surface area contributed by atoms with E-state index in [0.717, 1.165) is 29.8 Å². The quantitative estimate of drug-likeness (QED) is 0.0472. The third-order valence-corrected chi connectivity index (χ3v) is 7.09. The van der Waals surface area contributed by atoms with Crippen LogP contribution in [0.15, 0.2) is 37.0 Å². The van der Waals surface area contributed by atoms with E-state index in [1.165, 1.54) is 116 Å². The molecule has 0 rings (SSSR count). The summed E-state index contributed by atoms with van der Waals surface area (Å²) in [6, 6.07) is 0. The van der Waals surface area contributed by atoms with Crippen LogP contribution in [-0.4, -0.2) is 63.2 Å². The molecule has 0 aliphatic carbocycles. The molecular formula is C38H73ClN2O5. The minimum absolute atomic E-state index is 0. The van der Waals surface area contributed by atoms with Crippen molar-refractivity contribution in [2.45, 2.75) is 149 Å². The Hall–Kier alpha value is -2.12. The molecule has 0 bridgehead atoms. The maximum atomic E-state index is 11.2. The third-order valence-electron chi connectivity index (χ3n) is 7.09. The minimum Gasteiger partial charge on any atom is -1.00 e. The van der Waals surface area contributed by atoms with Crippen LogP contribution in [0.4, 0.5) is 0 Å². The van der Waals surface area contributed by atoms with Gasteiger partial charge in [-0.2, -0.15) is 0 Å². The van der Waals surface area contributed by atoms with Crippen LogP contribution in [0.3, 0.4) is 0 Å². The molecule has 0 atom stereocenters. The molecule has 2 N–H and O–H groups in total. The first-order chi connectivity index (χ1) is 21.3. The lowest BCUT2D eigenvalue weighted by Gasteiger charge is -2.23. The van der Waals surface area contributed by atoms with E-state index in [9.17, 15) is 14.4 Å². The summed E-state index contributed by atoms with van der Waals surface area (Å²) < 4.78 is 11.1. The van der Waals surface area contributed by atoms with Crippen molar-refractivity contribution in [2.75, 3.05) is 40.9 Å². The number of primary amides is 1. The fourth-order valence-electron chi connectivity index (χ4n) is 4.27. The number of nitrogens with zero attached hydrogens (tertiary/aromatic N) is 1. The predicted molar refractivity (Wildman–Crippen MR) is 192 cm³/mol. The number of quaternary nitrogens is 1. The average molecular weight is 673 g/mol. The molecule has 7 nitrogen and oxygen atoms in total. The minimum atomic E-state index is -0.481. The van der Waals surface area contributed by atoms with E-state index in [4.69, 9.17) is 9.47 Å². The van der Waals surface area contributed by atoms with Crippen molar-refractivity contribution in [1.29, 1.82) is 0 Å². The molecule has 0 aromatic carbocycles. The van der Waals surface area contributed by atoms with Crippen molar-refractivity contribution in [3.05, 3.63) is 37.0 Å². The Bertz CT molecular complexity index is 778. The fraction of sp³-hybridized carbons (Fsp3) is 0.763. The smallest absolute Gasteiger partial charge is 0.333 e. The summed E-state index contributed by atoms with van der Waals surface area (Å²) in [7, 11) is 6.61. The number of esters is 2.